The minimum absolute atomic E-state index is 0.0569. The predicted octanol–water partition coefficient (Wildman–Crippen LogP) is 3.73. The molecule has 1 aromatic rings. The Hall–Kier alpha value is -1.78. The normalized spacial score (nSPS) is 12.2. The number of carbonyl (C=O) groups is 1. The fraction of sp³-hybridized carbons (Fsp3) is 0.533. The second kappa shape index (κ2) is 7.72. The van der Waals surface area contributed by atoms with Crippen molar-refractivity contribution >= 4 is 17.3 Å². The van der Waals surface area contributed by atoms with Gasteiger partial charge in [0.05, 0.1) is 11.3 Å². The number of nitrogen functional groups attached to an aromatic ring is 1. The van der Waals surface area contributed by atoms with Crippen molar-refractivity contribution < 1.29 is 14.3 Å². The van der Waals surface area contributed by atoms with E-state index >= 15 is 0 Å². The molecule has 0 aliphatic rings. The Morgan fingerprint density at radius 2 is 2.15 bits per heavy atom. The number of benzene rings is 1. The molecule has 20 heavy (non-hydrogen) atoms. The minimum Gasteiger partial charge on any atom is -0.478 e. The Labute approximate surface area is 119 Å². The molecule has 1 aromatic carbocycles. The summed E-state index contributed by atoms with van der Waals surface area (Å²) in [6.07, 6.45) is 4.37. The van der Waals surface area contributed by atoms with Crippen molar-refractivity contribution in [1.29, 1.82) is 0 Å². The van der Waals surface area contributed by atoms with E-state index in [1.54, 1.807) is 0 Å². The average Bonchev–Trinajstić information content (AvgIpc) is 2.40. The van der Waals surface area contributed by atoms with Crippen LogP contribution in [0.15, 0.2) is 12.1 Å². The lowest BCUT2D eigenvalue weighted by atomic mass is 9.99. The van der Waals surface area contributed by atoms with Gasteiger partial charge in [-0.05, 0) is 24.5 Å². The maximum atomic E-state index is 13.8. The molecule has 5 heteroatoms. The smallest absolute Gasteiger partial charge is 0.337 e. The van der Waals surface area contributed by atoms with Gasteiger partial charge in [-0.3, -0.25) is 0 Å². The number of aromatic carboxylic acids is 1. The molecule has 0 saturated heterocycles. The van der Waals surface area contributed by atoms with Crippen LogP contribution in [0.5, 0.6) is 0 Å². The number of carboxylic acids is 1. The van der Waals surface area contributed by atoms with Gasteiger partial charge in [0, 0.05) is 12.2 Å². The molecule has 0 aliphatic carbocycles. The summed E-state index contributed by atoms with van der Waals surface area (Å²) in [7, 11) is 0. The monoisotopic (exact) mass is 282 g/mol. The summed E-state index contributed by atoms with van der Waals surface area (Å²) in [5, 5.41) is 12.0. The van der Waals surface area contributed by atoms with Crippen molar-refractivity contribution in [3.63, 3.8) is 0 Å². The van der Waals surface area contributed by atoms with Gasteiger partial charge in [-0.15, -0.1) is 0 Å². The third-order valence-electron chi connectivity index (χ3n) is 3.49. The molecule has 0 spiro atoms. The Kier molecular flexibility index (Phi) is 6.28. The number of unbranched alkanes of at least 4 members (excludes halogenated alkanes) is 1. The maximum Gasteiger partial charge on any atom is 0.337 e. The molecule has 0 amide bonds. The lowest BCUT2D eigenvalue weighted by molar-refractivity contribution is 0.0698. The highest BCUT2D eigenvalue weighted by Gasteiger charge is 2.14. The Morgan fingerprint density at radius 1 is 1.45 bits per heavy atom. The van der Waals surface area contributed by atoms with Gasteiger partial charge in [0.2, 0.25) is 0 Å². The Balaban J connectivity index is 2.76. The zero-order valence-corrected chi connectivity index (χ0v) is 12.1. The molecule has 0 aliphatic heterocycles. The topological polar surface area (TPSA) is 75.3 Å². The van der Waals surface area contributed by atoms with Crippen LogP contribution >= 0.6 is 0 Å². The van der Waals surface area contributed by atoms with Gasteiger partial charge in [-0.25, -0.2) is 9.18 Å². The number of rotatable bonds is 8. The van der Waals surface area contributed by atoms with Crippen molar-refractivity contribution in [1.82, 2.24) is 0 Å². The first-order valence-electron chi connectivity index (χ1n) is 7.05. The van der Waals surface area contributed by atoms with Gasteiger partial charge in [-0.1, -0.05) is 33.1 Å². The fourth-order valence-corrected chi connectivity index (χ4v) is 2.11. The second-order valence-electron chi connectivity index (χ2n) is 5.02. The van der Waals surface area contributed by atoms with E-state index < -0.39 is 11.8 Å². The summed E-state index contributed by atoms with van der Waals surface area (Å²) in [5.74, 6) is -1.21. The van der Waals surface area contributed by atoms with Crippen LogP contribution in [0.3, 0.4) is 0 Å². The predicted molar refractivity (Wildman–Crippen MR) is 79.6 cm³/mol. The third kappa shape index (κ3) is 4.40. The van der Waals surface area contributed by atoms with E-state index in [0.717, 1.165) is 31.7 Å². The number of nitrogens with one attached hydrogen (secondary N) is 1. The van der Waals surface area contributed by atoms with Crippen LogP contribution in [0.2, 0.25) is 0 Å². The molecule has 0 radical (unpaired) electrons. The molecule has 112 valence electrons. The van der Waals surface area contributed by atoms with Gasteiger partial charge in [0.15, 0.2) is 0 Å². The number of hydrogen-bond acceptors (Lipinski definition) is 3. The molecular formula is C15H23FN2O2. The van der Waals surface area contributed by atoms with Crippen molar-refractivity contribution in [2.75, 3.05) is 17.6 Å². The van der Waals surface area contributed by atoms with Crippen LogP contribution in [-0.2, 0) is 0 Å². The first-order chi connectivity index (χ1) is 9.49. The summed E-state index contributed by atoms with van der Waals surface area (Å²) in [5.41, 5.74) is 5.56. The van der Waals surface area contributed by atoms with Crippen molar-refractivity contribution in [3.8, 4) is 0 Å². The SMILES string of the molecule is CCCCC(CC)CNc1cc(C(=O)O)c(N)cc1F. The van der Waals surface area contributed by atoms with Crippen LogP contribution < -0.4 is 11.1 Å². The minimum atomic E-state index is -1.15. The molecule has 1 unspecified atom stereocenters. The lowest BCUT2D eigenvalue weighted by Gasteiger charge is -2.17. The van der Waals surface area contributed by atoms with Crippen LogP contribution in [-0.4, -0.2) is 17.6 Å². The zero-order chi connectivity index (χ0) is 15.1. The third-order valence-corrected chi connectivity index (χ3v) is 3.49. The van der Waals surface area contributed by atoms with Crippen LogP contribution in [0, 0.1) is 11.7 Å². The van der Waals surface area contributed by atoms with E-state index in [9.17, 15) is 9.18 Å². The number of hydrogen-bond donors (Lipinski definition) is 3. The molecule has 0 bridgehead atoms. The highest BCUT2D eigenvalue weighted by Crippen LogP contribution is 2.23. The van der Waals surface area contributed by atoms with E-state index in [-0.39, 0.29) is 16.9 Å². The van der Waals surface area contributed by atoms with Gasteiger partial charge < -0.3 is 16.2 Å². The van der Waals surface area contributed by atoms with Crippen molar-refractivity contribution in [2.45, 2.75) is 39.5 Å². The summed E-state index contributed by atoms with van der Waals surface area (Å²) < 4.78 is 13.8. The highest BCUT2D eigenvalue weighted by atomic mass is 19.1. The molecule has 4 N–H and O–H groups in total. The Morgan fingerprint density at radius 3 is 2.70 bits per heavy atom. The largest absolute Gasteiger partial charge is 0.478 e. The van der Waals surface area contributed by atoms with E-state index in [4.69, 9.17) is 10.8 Å². The van der Waals surface area contributed by atoms with E-state index in [1.165, 1.54) is 6.07 Å². The zero-order valence-electron chi connectivity index (χ0n) is 12.1. The first kappa shape index (κ1) is 16.3. The maximum absolute atomic E-state index is 13.8. The number of halogens is 1. The fourth-order valence-electron chi connectivity index (χ4n) is 2.11. The molecule has 0 saturated carbocycles. The van der Waals surface area contributed by atoms with E-state index in [0.29, 0.717) is 12.5 Å². The molecule has 0 aromatic heterocycles. The van der Waals surface area contributed by atoms with Gasteiger partial charge in [0.25, 0.3) is 0 Å². The molecule has 1 rings (SSSR count). The molecule has 0 fully saturated rings. The summed E-state index contributed by atoms with van der Waals surface area (Å²) >= 11 is 0. The van der Waals surface area contributed by atoms with Gasteiger partial charge in [-0.2, -0.15) is 0 Å². The average molecular weight is 282 g/mol. The quantitative estimate of drug-likeness (QED) is 0.635. The lowest BCUT2D eigenvalue weighted by Crippen LogP contribution is -2.15. The highest BCUT2D eigenvalue weighted by molar-refractivity contribution is 5.94. The van der Waals surface area contributed by atoms with Crippen molar-refractivity contribution in [3.05, 3.63) is 23.5 Å². The summed E-state index contributed by atoms with van der Waals surface area (Å²) in [6.45, 7) is 4.87. The number of nitrogens with two attached hydrogens (primary N) is 1. The number of anilines is 2. The molecule has 4 nitrogen and oxygen atoms in total. The van der Waals surface area contributed by atoms with Gasteiger partial charge >= 0.3 is 5.97 Å². The van der Waals surface area contributed by atoms with E-state index in [2.05, 4.69) is 19.2 Å². The second-order valence-corrected chi connectivity index (χ2v) is 5.02. The first-order valence-corrected chi connectivity index (χ1v) is 7.05. The molecular weight excluding hydrogens is 259 g/mol. The standard InChI is InChI=1S/C15H23FN2O2/c1-3-5-6-10(4-2)9-18-14-7-11(15(19)20)13(17)8-12(14)16/h7-8,10,18H,3-6,9,17H2,1-2H3,(H,19,20). The van der Waals surface area contributed by atoms with E-state index in [1.807, 2.05) is 0 Å². The van der Waals surface area contributed by atoms with Gasteiger partial charge in [0.1, 0.15) is 5.82 Å². The summed E-state index contributed by atoms with van der Waals surface area (Å²) in [4.78, 5) is 11.0. The molecule has 0 heterocycles. The van der Waals surface area contributed by atoms with Crippen LogP contribution in [0.4, 0.5) is 15.8 Å². The van der Waals surface area contributed by atoms with Crippen molar-refractivity contribution in [2.24, 2.45) is 5.92 Å². The van der Waals surface area contributed by atoms with Crippen LogP contribution in [0.25, 0.3) is 0 Å². The van der Waals surface area contributed by atoms with Crippen LogP contribution in [0.1, 0.15) is 49.9 Å². The summed E-state index contributed by atoms with van der Waals surface area (Å²) in [6, 6.07) is 2.32. The molecule has 1 atom stereocenters. The number of carboxylic acid groups (broad SMARTS) is 1. The Bertz CT molecular complexity index is 463.